The molecule has 2 aromatic carbocycles. The lowest BCUT2D eigenvalue weighted by Gasteiger charge is -2.26. The molecule has 0 radical (unpaired) electrons. The predicted molar refractivity (Wildman–Crippen MR) is 109 cm³/mol. The van der Waals surface area contributed by atoms with Gasteiger partial charge in [0.1, 0.15) is 12.1 Å². The number of methoxy groups -OCH3 is 1. The Hall–Kier alpha value is -4.20. The number of urea groups is 1. The molecule has 0 spiro atoms. The predicted octanol–water partition coefficient (Wildman–Crippen LogP) is 2.48. The first-order chi connectivity index (χ1) is 14.5. The zero-order valence-corrected chi connectivity index (χ0v) is 16.0. The fraction of sp³-hybridized carbons (Fsp3) is 0.0909. The molecule has 4 amide bonds. The van der Waals surface area contributed by atoms with Gasteiger partial charge in [-0.15, -0.1) is 0 Å². The summed E-state index contributed by atoms with van der Waals surface area (Å²) in [6, 6.07) is 14.8. The summed E-state index contributed by atoms with van der Waals surface area (Å²) in [6.45, 7) is -0.0189. The maximum atomic E-state index is 13.0. The molecule has 0 saturated carbocycles. The summed E-state index contributed by atoms with van der Waals surface area (Å²) in [5, 5.41) is 2.95. The fourth-order valence-corrected chi connectivity index (χ4v) is 3.35. The summed E-state index contributed by atoms with van der Waals surface area (Å²) in [4.78, 5) is 50.4. The Morgan fingerprint density at radius 1 is 1.03 bits per heavy atom. The van der Waals surface area contributed by atoms with Gasteiger partial charge in [-0.25, -0.2) is 9.69 Å². The zero-order valence-electron chi connectivity index (χ0n) is 16.0. The number of barbiturate groups is 1. The molecule has 1 N–H and O–H groups in total. The van der Waals surface area contributed by atoms with Crippen LogP contribution in [0.15, 0.2) is 66.4 Å². The second kappa shape index (κ2) is 7.67. The fourth-order valence-electron chi connectivity index (χ4n) is 3.35. The van der Waals surface area contributed by atoms with Crippen molar-refractivity contribution in [3.63, 3.8) is 0 Å². The SMILES string of the molecule is COC(=O)Cn1cc(C=C2C(=O)NC(=O)N(c3ccccc3)C2=O)c2ccccc21. The largest absolute Gasteiger partial charge is 0.468 e. The minimum atomic E-state index is -0.804. The highest BCUT2D eigenvalue weighted by atomic mass is 16.5. The van der Waals surface area contributed by atoms with Crippen LogP contribution in [0.5, 0.6) is 0 Å². The van der Waals surface area contributed by atoms with Gasteiger partial charge in [0.2, 0.25) is 0 Å². The number of benzene rings is 2. The third kappa shape index (κ3) is 3.35. The van der Waals surface area contributed by atoms with Crippen molar-refractivity contribution in [2.45, 2.75) is 6.54 Å². The number of nitrogens with zero attached hydrogens (tertiary/aromatic N) is 2. The molecule has 1 saturated heterocycles. The van der Waals surface area contributed by atoms with Crippen LogP contribution >= 0.6 is 0 Å². The maximum Gasteiger partial charge on any atom is 0.335 e. The minimum absolute atomic E-state index is 0.0189. The number of aromatic nitrogens is 1. The van der Waals surface area contributed by atoms with Crippen LogP contribution in [0.2, 0.25) is 0 Å². The molecule has 0 unspecified atom stereocenters. The lowest BCUT2D eigenvalue weighted by Crippen LogP contribution is -2.54. The van der Waals surface area contributed by atoms with Crippen LogP contribution in [0.4, 0.5) is 10.5 Å². The molecule has 3 aromatic rings. The molecule has 0 bridgehead atoms. The van der Waals surface area contributed by atoms with Gasteiger partial charge in [-0.1, -0.05) is 36.4 Å². The number of carbonyl (C=O) groups excluding carboxylic acids is 4. The van der Waals surface area contributed by atoms with E-state index >= 15 is 0 Å². The van der Waals surface area contributed by atoms with Crippen molar-refractivity contribution in [1.29, 1.82) is 0 Å². The van der Waals surface area contributed by atoms with Crippen molar-refractivity contribution in [2.75, 3.05) is 12.0 Å². The summed E-state index contributed by atoms with van der Waals surface area (Å²) in [7, 11) is 1.30. The van der Waals surface area contributed by atoms with Crippen LogP contribution in [-0.4, -0.2) is 35.5 Å². The Labute approximate surface area is 171 Å². The van der Waals surface area contributed by atoms with Crippen molar-refractivity contribution in [3.8, 4) is 0 Å². The molecule has 8 heteroatoms. The Morgan fingerprint density at radius 2 is 1.73 bits per heavy atom. The number of amides is 4. The van der Waals surface area contributed by atoms with Crippen LogP contribution in [0, 0.1) is 0 Å². The lowest BCUT2D eigenvalue weighted by molar-refractivity contribution is -0.141. The number of ether oxygens (including phenoxy) is 1. The van der Waals surface area contributed by atoms with E-state index in [2.05, 4.69) is 5.32 Å². The van der Waals surface area contributed by atoms with E-state index in [0.717, 1.165) is 15.8 Å². The van der Waals surface area contributed by atoms with Gasteiger partial charge in [0.25, 0.3) is 11.8 Å². The molecule has 0 atom stereocenters. The Morgan fingerprint density at radius 3 is 2.47 bits per heavy atom. The number of carbonyl (C=O) groups is 4. The van der Waals surface area contributed by atoms with Crippen molar-refractivity contribution in [3.05, 3.63) is 71.9 Å². The van der Waals surface area contributed by atoms with Gasteiger partial charge in [-0.3, -0.25) is 19.7 Å². The first-order valence-electron chi connectivity index (χ1n) is 9.11. The quantitative estimate of drug-likeness (QED) is 0.410. The zero-order chi connectivity index (χ0) is 21.3. The normalized spacial score (nSPS) is 15.6. The van der Waals surface area contributed by atoms with Gasteiger partial charge in [-0.05, 0) is 24.3 Å². The molecule has 2 heterocycles. The van der Waals surface area contributed by atoms with Gasteiger partial charge in [-0.2, -0.15) is 0 Å². The topological polar surface area (TPSA) is 97.7 Å². The van der Waals surface area contributed by atoms with Crippen LogP contribution in [0.3, 0.4) is 0 Å². The van der Waals surface area contributed by atoms with E-state index in [1.165, 1.54) is 13.2 Å². The third-order valence-corrected chi connectivity index (χ3v) is 4.76. The van der Waals surface area contributed by atoms with E-state index in [0.29, 0.717) is 11.3 Å². The van der Waals surface area contributed by atoms with E-state index in [4.69, 9.17) is 4.74 Å². The Kier molecular flexibility index (Phi) is 4.89. The molecule has 30 heavy (non-hydrogen) atoms. The number of rotatable bonds is 4. The van der Waals surface area contributed by atoms with Crippen molar-refractivity contribution in [2.24, 2.45) is 0 Å². The average molecular weight is 403 g/mol. The summed E-state index contributed by atoms with van der Waals surface area (Å²) in [6.07, 6.45) is 3.09. The third-order valence-electron chi connectivity index (χ3n) is 4.76. The molecule has 8 nitrogen and oxygen atoms in total. The number of esters is 1. The molecule has 4 rings (SSSR count). The van der Waals surface area contributed by atoms with Crippen LogP contribution < -0.4 is 10.2 Å². The highest BCUT2D eigenvalue weighted by molar-refractivity contribution is 6.39. The summed E-state index contributed by atoms with van der Waals surface area (Å²) < 4.78 is 6.41. The van der Waals surface area contributed by atoms with Gasteiger partial charge in [0, 0.05) is 22.7 Å². The maximum absolute atomic E-state index is 13.0. The monoisotopic (exact) mass is 403 g/mol. The number of nitrogens with one attached hydrogen (secondary N) is 1. The molecule has 0 aliphatic carbocycles. The van der Waals surface area contributed by atoms with Crippen LogP contribution in [-0.2, 0) is 25.7 Å². The molecule has 1 aliphatic heterocycles. The van der Waals surface area contributed by atoms with Gasteiger partial charge in [0.15, 0.2) is 0 Å². The number of hydrogen-bond donors (Lipinski definition) is 1. The van der Waals surface area contributed by atoms with E-state index in [9.17, 15) is 19.2 Å². The van der Waals surface area contributed by atoms with E-state index in [-0.39, 0.29) is 12.1 Å². The average Bonchev–Trinajstić information content (AvgIpc) is 3.09. The van der Waals surface area contributed by atoms with E-state index in [1.807, 2.05) is 24.3 Å². The smallest absolute Gasteiger partial charge is 0.335 e. The number of para-hydroxylation sites is 2. The van der Waals surface area contributed by atoms with Crippen LogP contribution in [0.1, 0.15) is 5.56 Å². The number of hydrogen-bond acceptors (Lipinski definition) is 5. The first-order valence-corrected chi connectivity index (χ1v) is 9.11. The molecular weight excluding hydrogens is 386 g/mol. The standard InChI is InChI=1S/C22H17N3O5/c1-30-19(26)13-24-12-14(16-9-5-6-10-18(16)24)11-17-20(27)23-22(29)25(21(17)28)15-7-3-2-4-8-15/h2-12H,13H2,1H3,(H,23,27,29). The summed E-state index contributed by atoms with van der Waals surface area (Å²) >= 11 is 0. The minimum Gasteiger partial charge on any atom is -0.468 e. The van der Waals surface area contributed by atoms with Gasteiger partial charge in [0.05, 0.1) is 12.8 Å². The molecular formula is C22H17N3O5. The van der Waals surface area contributed by atoms with Crippen molar-refractivity contribution >= 4 is 46.5 Å². The Balaban J connectivity index is 1.79. The number of anilines is 1. The highest BCUT2D eigenvalue weighted by Gasteiger charge is 2.36. The summed E-state index contributed by atoms with van der Waals surface area (Å²) in [5.41, 5.74) is 1.48. The molecule has 150 valence electrons. The lowest BCUT2D eigenvalue weighted by atomic mass is 10.1. The highest BCUT2D eigenvalue weighted by Crippen LogP contribution is 2.26. The summed E-state index contributed by atoms with van der Waals surface area (Å²) in [5.74, 6) is -1.93. The number of imide groups is 2. The first kappa shape index (κ1) is 19.1. The molecule has 1 fully saturated rings. The molecule has 1 aromatic heterocycles. The van der Waals surface area contributed by atoms with E-state index < -0.39 is 23.8 Å². The van der Waals surface area contributed by atoms with E-state index in [1.54, 1.807) is 41.1 Å². The Bertz CT molecular complexity index is 1210. The van der Waals surface area contributed by atoms with Crippen molar-refractivity contribution < 1.29 is 23.9 Å². The second-order valence-corrected chi connectivity index (χ2v) is 6.60. The van der Waals surface area contributed by atoms with Crippen molar-refractivity contribution in [1.82, 2.24) is 9.88 Å². The van der Waals surface area contributed by atoms with Crippen LogP contribution in [0.25, 0.3) is 17.0 Å². The second-order valence-electron chi connectivity index (χ2n) is 6.60. The molecule has 1 aliphatic rings. The van der Waals surface area contributed by atoms with Gasteiger partial charge >= 0.3 is 12.0 Å². The van der Waals surface area contributed by atoms with Gasteiger partial charge < -0.3 is 9.30 Å². The number of fused-ring (bicyclic) bond motifs is 1.